The standard InChI is InChI=1S/C15H21N5S/c1-2-4-13-18-14(9-15(19-13)20-16)17-11-5-3-6-12-10(11)7-8-21-12/h7-9,11H,2-6,16H2,1H3,(H2,17,18,19,20). The van der Waals surface area contributed by atoms with E-state index >= 15 is 0 Å². The maximum atomic E-state index is 5.51. The zero-order valence-corrected chi connectivity index (χ0v) is 13.0. The van der Waals surface area contributed by atoms with Crippen molar-refractivity contribution in [3.8, 4) is 0 Å². The van der Waals surface area contributed by atoms with Crippen LogP contribution in [0, 0.1) is 0 Å². The van der Waals surface area contributed by atoms with Crippen LogP contribution in [-0.4, -0.2) is 9.97 Å². The molecule has 0 aliphatic heterocycles. The summed E-state index contributed by atoms with van der Waals surface area (Å²) in [5.41, 5.74) is 4.05. The number of aromatic nitrogens is 2. The third-order valence-corrected chi connectivity index (χ3v) is 4.76. The van der Waals surface area contributed by atoms with E-state index in [0.717, 1.165) is 30.9 Å². The minimum atomic E-state index is 0.343. The van der Waals surface area contributed by atoms with Crippen LogP contribution in [0.25, 0.3) is 0 Å². The molecule has 2 aromatic rings. The van der Waals surface area contributed by atoms with Crippen LogP contribution in [0.2, 0.25) is 0 Å². The van der Waals surface area contributed by atoms with Crippen LogP contribution in [0.4, 0.5) is 11.6 Å². The molecule has 1 atom stereocenters. The molecule has 0 saturated heterocycles. The van der Waals surface area contributed by atoms with Crippen LogP contribution >= 0.6 is 11.3 Å². The molecule has 1 unspecified atom stereocenters. The zero-order valence-electron chi connectivity index (χ0n) is 12.2. The Labute approximate surface area is 129 Å². The van der Waals surface area contributed by atoms with Gasteiger partial charge in [-0.15, -0.1) is 11.3 Å². The highest BCUT2D eigenvalue weighted by molar-refractivity contribution is 7.10. The first-order valence-corrected chi connectivity index (χ1v) is 8.35. The molecule has 21 heavy (non-hydrogen) atoms. The predicted molar refractivity (Wildman–Crippen MR) is 87.5 cm³/mol. The molecule has 3 rings (SSSR count). The van der Waals surface area contributed by atoms with Gasteiger partial charge in [-0.25, -0.2) is 15.8 Å². The number of hydrogen-bond donors (Lipinski definition) is 3. The Morgan fingerprint density at radius 2 is 2.24 bits per heavy atom. The number of fused-ring (bicyclic) bond motifs is 1. The maximum absolute atomic E-state index is 5.51. The molecule has 0 aromatic carbocycles. The number of nitrogens with one attached hydrogen (secondary N) is 2. The minimum Gasteiger partial charge on any atom is -0.363 e. The van der Waals surface area contributed by atoms with E-state index in [0.29, 0.717) is 11.9 Å². The molecular weight excluding hydrogens is 282 g/mol. The van der Waals surface area contributed by atoms with Crippen molar-refractivity contribution in [1.29, 1.82) is 0 Å². The first kappa shape index (κ1) is 14.3. The van der Waals surface area contributed by atoms with Gasteiger partial charge in [0.1, 0.15) is 17.5 Å². The van der Waals surface area contributed by atoms with Gasteiger partial charge in [0.25, 0.3) is 0 Å². The van der Waals surface area contributed by atoms with E-state index in [2.05, 4.69) is 39.1 Å². The van der Waals surface area contributed by atoms with Crippen LogP contribution < -0.4 is 16.6 Å². The van der Waals surface area contributed by atoms with Crippen molar-refractivity contribution in [3.05, 3.63) is 33.8 Å². The highest BCUT2D eigenvalue weighted by atomic mass is 32.1. The molecule has 4 N–H and O–H groups in total. The van der Waals surface area contributed by atoms with Crippen molar-refractivity contribution in [2.45, 2.75) is 45.1 Å². The van der Waals surface area contributed by atoms with E-state index in [4.69, 9.17) is 5.84 Å². The van der Waals surface area contributed by atoms with Gasteiger partial charge in [-0.05, 0) is 42.7 Å². The first-order valence-electron chi connectivity index (χ1n) is 7.47. The van der Waals surface area contributed by atoms with E-state index in [1.165, 1.54) is 23.3 Å². The van der Waals surface area contributed by atoms with Gasteiger partial charge < -0.3 is 10.7 Å². The molecule has 0 radical (unpaired) electrons. The molecule has 6 heteroatoms. The van der Waals surface area contributed by atoms with Gasteiger partial charge in [0, 0.05) is 17.4 Å². The van der Waals surface area contributed by atoms with Crippen molar-refractivity contribution < 1.29 is 0 Å². The van der Waals surface area contributed by atoms with E-state index in [9.17, 15) is 0 Å². The largest absolute Gasteiger partial charge is 0.363 e. The van der Waals surface area contributed by atoms with Crippen LogP contribution in [0.3, 0.4) is 0 Å². The van der Waals surface area contributed by atoms with Crippen molar-refractivity contribution in [2.24, 2.45) is 5.84 Å². The summed E-state index contributed by atoms with van der Waals surface area (Å²) in [5.74, 6) is 7.86. The number of nitrogens with zero attached hydrogens (tertiary/aromatic N) is 2. The van der Waals surface area contributed by atoms with Gasteiger partial charge >= 0.3 is 0 Å². The molecule has 1 aliphatic carbocycles. The Morgan fingerprint density at radius 1 is 1.38 bits per heavy atom. The fourth-order valence-corrected chi connectivity index (χ4v) is 3.78. The molecule has 0 saturated carbocycles. The Morgan fingerprint density at radius 3 is 3.05 bits per heavy atom. The Hall–Kier alpha value is -1.66. The Bertz CT molecular complexity index is 610. The summed E-state index contributed by atoms with van der Waals surface area (Å²) in [7, 11) is 0. The first-order chi connectivity index (χ1) is 10.3. The summed E-state index contributed by atoms with van der Waals surface area (Å²) in [6.07, 6.45) is 5.44. The van der Waals surface area contributed by atoms with Gasteiger partial charge in [-0.2, -0.15) is 0 Å². The average molecular weight is 303 g/mol. The van der Waals surface area contributed by atoms with Crippen LogP contribution in [0.1, 0.15) is 48.5 Å². The number of hydrogen-bond acceptors (Lipinski definition) is 6. The average Bonchev–Trinajstić information content (AvgIpc) is 2.97. The van der Waals surface area contributed by atoms with Gasteiger partial charge in [0.05, 0.1) is 6.04 Å². The van der Waals surface area contributed by atoms with Crippen LogP contribution in [-0.2, 0) is 12.8 Å². The van der Waals surface area contributed by atoms with E-state index < -0.39 is 0 Å². The number of nitrogens with two attached hydrogens (primary N) is 1. The number of thiophene rings is 1. The molecule has 5 nitrogen and oxygen atoms in total. The molecule has 112 valence electrons. The van der Waals surface area contributed by atoms with E-state index in [1.807, 2.05) is 17.4 Å². The molecular formula is C15H21N5S. The lowest BCUT2D eigenvalue weighted by Crippen LogP contribution is -2.18. The fraction of sp³-hybridized carbons (Fsp3) is 0.467. The normalized spacial score (nSPS) is 17.3. The fourth-order valence-electron chi connectivity index (χ4n) is 2.80. The molecule has 1 aliphatic rings. The smallest absolute Gasteiger partial charge is 0.145 e. The Balaban J connectivity index is 1.83. The summed E-state index contributed by atoms with van der Waals surface area (Å²) < 4.78 is 0. The highest BCUT2D eigenvalue weighted by Crippen LogP contribution is 2.35. The Kier molecular flexibility index (Phi) is 4.36. The molecule has 2 heterocycles. The van der Waals surface area contributed by atoms with E-state index in [-0.39, 0.29) is 0 Å². The van der Waals surface area contributed by atoms with E-state index in [1.54, 1.807) is 0 Å². The van der Waals surface area contributed by atoms with Crippen molar-refractivity contribution in [2.75, 3.05) is 10.7 Å². The number of aryl methyl sites for hydroxylation is 2. The quantitative estimate of drug-likeness (QED) is 0.584. The van der Waals surface area contributed by atoms with Crippen LogP contribution in [0.15, 0.2) is 17.5 Å². The lowest BCUT2D eigenvalue weighted by atomic mass is 9.94. The molecule has 0 bridgehead atoms. The second kappa shape index (κ2) is 6.41. The van der Waals surface area contributed by atoms with Gasteiger partial charge in [0.15, 0.2) is 0 Å². The summed E-state index contributed by atoms with van der Waals surface area (Å²) in [5, 5.41) is 5.74. The maximum Gasteiger partial charge on any atom is 0.145 e. The summed E-state index contributed by atoms with van der Waals surface area (Å²) >= 11 is 1.85. The van der Waals surface area contributed by atoms with Gasteiger partial charge in [-0.1, -0.05) is 6.92 Å². The zero-order chi connectivity index (χ0) is 14.7. The van der Waals surface area contributed by atoms with Crippen molar-refractivity contribution in [3.63, 3.8) is 0 Å². The monoisotopic (exact) mass is 303 g/mol. The SMILES string of the molecule is CCCc1nc(NN)cc(NC2CCCc3sccc32)n1. The number of hydrazine groups is 1. The third-order valence-electron chi connectivity index (χ3n) is 3.77. The van der Waals surface area contributed by atoms with Gasteiger partial charge in [-0.3, -0.25) is 0 Å². The summed E-state index contributed by atoms with van der Waals surface area (Å²) in [6, 6.07) is 4.45. The topological polar surface area (TPSA) is 75.9 Å². The summed E-state index contributed by atoms with van der Waals surface area (Å²) in [4.78, 5) is 10.5. The van der Waals surface area contributed by atoms with Gasteiger partial charge in [0.2, 0.25) is 0 Å². The molecule has 0 spiro atoms. The molecule has 0 amide bonds. The number of anilines is 2. The number of rotatable bonds is 5. The lowest BCUT2D eigenvalue weighted by Gasteiger charge is -2.24. The second-order valence-corrected chi connectivity index (χ2v) is 6.34. The third kappa shape index (κ3) is 3.16. The lowest BCUT2D eigenvalue weighted by molar-refractivity contribution is 0.606. The molecule has 0 fully saturated rings. The minimum absolute atomic E-state index is 0.343. The summed E-state index contributed by atoms with van der Waals surface area (Å²) in [6.45, 7) is 2.12. The van der Waals surface area contributed by atoms with Crippen molar-refractivity contribution >= 4 is 23.0 Å². The van der Waals surface area contributed by atoms with Crippen LogP contribution in [0.5, 0.6) is 0 Å². The highest BCUT2D eigenvalue weighted by Gasteiger charge is 2.21. The second-order valence-electron chi connectivity index (χ2n) is 5.34. The predicted octanol–water partition coefficient (Wildman–Crippen LogP) is 3.27. The molecule has 2 aromatic heterocycles. The van der Waals surface area contributed by atoms with Crippen molar-refractivity contribution in [1.82, 2.24) is 9.97 Å². The number of nitrogen functional groups attached to an aromatic ring is 1.